The van der Waals surface area contributed by atoms with Gasteiger partial charge < -0.3 is 16.8 Å². The normalized spacial score (nSPS) is 12.5. The lowest BCUT2D eigenvalue weighted by Crippen LogP contribution is -2.18. The largest absolute Gasteiger partial charge is 0.384 e. The van der Waals surface area contributed by atoms with Crippen molar-refractivity contribution in [2.24, 2.45) is 11.5 Å². The number of nitrogens with zero attached hydrogens (tertiary/aromatic N) is 1. The maximum atomic E-state index is 5.95. The van der Waals surface area contributed by atoms with E-state index < -0.39 is 0 Å². The number of aromatic nitrogens is 1. The summed E-state index contributed by atoms with van der Waals surface area (Å²) in [4.78, 5) is 4.27. The number of nitrogens with two attached hydrogens (primary N) is 2. The Hall–Kier alpha value is -1.13. The van der Waals surface area contributed by atoms with Crippen molar-refractivity contribution >= 4 is 5.69 Å². The van der Waals surface area contributed by atoms with Gasteiger partial charge in [-0.25, -0.2) is 0 Å². The first-order valence-corrected chi connectivity index (χ1v) is 4.94. The SMILES string of the molecule is CCNc1cccnc1C(N)CCN. The van der Waals surface area contributed by atoms with E-state index in [0.29, 0.717) is 6.54 Å². The van der Waals surface area contributed by atoms with Gasteiger partial charge in [-0.3, -0.25) is 4.98 Å². The van der Waals surface area contributed by atoms with Gasteiger partial charge in [0.1, 0.15) is 0 Å². The molecule has 0 aliphatic rings. The summed E-state index contributed by atoms with van der Waals surface area (Å²) in [7, 11) is 0. The molecule has 0 radical (unpaired) electrons. The fourth-order valence-electron chi connectivity index (χ4n) is 1.37. The molecule has 1 unspecified atom stereocenters. The van der Waals surface area contributed by atoms with Crippen molar-refractivity contribution in [2.75, 3.05) is 18.4 Å². The highest BCUT2D eigenvalue weighted by Gasteiger charge is 2.10. The Morgan fingerprint density at radius 1 is 1.57 bits per heavy atom. The van der Waals surface area contributed by atoms with Gasteiger partial charge in [-0.05, 0) is 32.0 Å². The topological polar surface area (TPSA) is 77.0 Å². The lowest BCUT2D eigenvalue weighted by molar-refractivity contribution is 0.644. The highest BCUT2D eigenvalue weighted by atomic mass is 14.9. The van der Waals surface area contributed by atoms with Crippen molar-refractivity contribution in [2.45, 2.75) is 19.4 Å². The number of nitrogens with one attached hydrogen (secondary N) is 1. The summed E-state index contributed by atoms with van der Waals surface area (Å²) >= 11 is 0. The molecule has 1 atom stereocenters. The van der Waals surface area contributed by atoms with Gasteiger partial charge in [0, 0.05) is 12.7 Å². The molecule has 0 saturated carbocycles. The number of rotatable bonds is 5. The Balaban J connectivity index is 2.82. The molecule has 0 fully saturated rings. The Morgan fingerprint density at radius 3 is 3.00 bits per heavy atom. The molecule has 0 aromatic carbocycles. The van der Waals surface area contributed by atoms with Crippen LogP contribution in [-0.4, -0.2) is 18.1 Å². The molecule has 0 aliphatic carbocycles. The first kappa shape index (κ1) is 10.9. The summed E-state index contributed by atoms with van der Waals surface area (Å²) in [5, 5.41) is 3.23. The number of hydrogen-bond acceptors (Lipinski definition) is 4. The van der Waals surface area contributed by atoms with Crippen molar-refractivity contribution in [3.63, 3.8) is 0 Å². The van der Waals surface area contributed by atoms with Crippen molar-refractivity contribution in [3.8, 4) is 0 Å². The lowest BCUT2D eigenvalue weighted by Gasteiger charge is -2.14. The van der Waals surface area contributed by atoms with Crippen LogP contribution in [0.3, 0.4) is 0 Å². The second-order valence-electron chi connectivity index (χ2n) is 3.15. The zero-order valence-electron chi connectivity index (χ0n) is 8.53. The second kappa shape index (κ2) is 5.57. The second-order valence-corrected chi connectivity index (χ2v) is 3.15. The number of hydrogen-bond donors (Lipinski definition) is 3. The molecule has 1 aromatic rings. The highest BCUT2D eigenvalue weighted by Crippen LogP contribution is 2.19. The van der Waals surface area contributed by atoms with E-state index in [1.165, 1.54) is 0 Å². The highest BCUT2D eigenvalue weighted by molar-refractivity contribution is 5.48. The molecule has 4 nitrogen and oxygen atoms in total. The molecule has 0 saturated heterocycles. The van der Waals surface area contributed by atoms with Crippen molar-refractivity contribution in [3.05, 3.63) is 24.0 Å². The van der Waals surface area contributed by atoms with Gasteiger partial charge >= 0.3 is 0 Å². The Labute approximate surface area is 84.7 Å². The van der Waals surface area contributed by atoms with Gasteiger partial charge in [0.05, 0.1) is 17.4 Å². The molecule has 5 N–H and O–H groups in total. The fraction of sp³-hybridized carbons (Fsp3) is 0.500. The summed E-state index contributed by atoms with van der Waals surface area (Å²) in [5.74, 6) is 0. The summed E-state index contributed by atoms with van der Waals surface area (Å²) in [6.45, 7) is 3.50. The summed E-state index contributed by atoms with van der Waals surface area (Å²) < 4.78 is 0. The van der Waals surface area contributed by atoms with Crippen LogP contribution in [0, 0.1) is 0 Å². The van der Waals surface area contributed by atoms with Crippen molar-refractivity contribution in [1.82, 2.24) is 4.98 Å². The van der Waals surface area contributed by atoms with E-state index in [4.69, 9.17) is 11.5 Å². The van der Waals surface area contributed by atoms with Gasteiger partial charge in [-0.2, -0.15) is 0 Å². The standard InChI is InChI=1S/C10H18N4/c1-2-13-9-4-3-7-14-10(9)8(12)5-6-11/h3-4,7-8,13H,2,5-6,11-12H2,1H3. The van der Waals surface area contributed by atoms with E-state index in [0.717, 1.165) is 24.3 Å². The Kier molecular flexibility index (Phi) is 4.35. The third kappa shape index (κ3) is 2.68. The van der Waals surface area contributed by atoms with Crippen molar-refractivity contribution in [1.29, 1.82) is 0 Å². The molecular formula is C10H18N4. The third-order valence-electron chi connectivity index (χ3n) is 2.03. The average Bonchev–Trinajstić information content (AvgIpc) is 2.19. The summed E-state index contributed by atoms with van der Waals surface area (Å²) in [6.07, 6.45) is 2.52. The maximum absolute atomic E-state index is 5.95. The molecule has 0 amide bonds. The smallest absolute Gasteiger partial charge is 0.0802 e. The van der Waals surface area contributed by atoms with E-state index in [1.54, 1.807) is 6.20 Å². The van der Waals surface area contributed by atoms with Crippen LogP contribution in [0.5, 0.6) is 0 Å². The van der Waals surface area contributed by atoms with E-state index in [9.17, 15) is 0 Å². The number of pyridine rings is 1. The van der Waals surface area contributed by atoms with Gasteiger partial charge in [0.15, 0.2) is 0 Å². The molecule has 4 heteroatoms. The van der Waals surface area contributed by atoms with E-state index in [2.05, 4.69) is 10.3 Å². The molecule has 1 aromatic heterocycles. The van der Waals surface area contributed by atoms with Gasteiger partial charge in [-0.1, -0.05) is 0 Å². The quantitative estimate of drug-likeness (QED) is 0.649. The van der Waals surface area contributed by atoms with Crippen LogP contribution in [-0.2, 0) is 0 Å². The molecule has 0 aliphatic heterocycles. The van der Waals surface area contributed by atoms with Crippen LogP contribution in [0.2, 0.25) is 0 Å². The van der Waals surface area contributed by atoms with Crippen LogP contribution in [0.4, 0.5) is 5.69 Å². The summed E-state index contributed by atoms with van der Waals surface area (Å²) in [6, 6.07) is 3.81. The fourth-order valence-corrected chi connectivity index (χ4v) is 1.37. The zero-order chi connectivity index (χ0) is 10.4. The molecule has 1 rings (SSSR count). The molecule has 0 spiro atoms. The van der Waals surface area contributed by atoms with E-state index in [1.807, 2.05) is 19.1 Å². The molecule has 78 valence electrons. The van der Waals surface area contributed by atoms with Crippen LogP contribution in [0.25, 0.3) is 0 Å². The minimum atomic E-state index is -0.0738. The maximum Gasteiger partial charge on any atom is 0.0802 e. The summed E-state index contributed by atoms with van der Waals surface area (Å²) in [5.41, 5.74) is 13.3. The predicted molar refractivity (Wildman–Crippen MR) is 59.0 cm³/mol. The number of anilines is 1. The van der Waals surface area contributed by atoms with Crippen LogP contribution in [0.1, 0.15) is 25.1 Å². The Bertz CT molecular complexity index is 275. The average molecular weight is 194 g/mol. The first-order valence-electron chi connectivity index (χ1n) is 4.94. The first-order chi connectivity index (χ1) is 6.79. The van der Waals surface area contributed by atoms with Crippen LogP contribution in [0.15, 0.2) is 18.3 Å². The van der Waals surface area contributed by atoms with E-state index >= 15 is 0 Å². The van der Waals surface area contributed by atoms with Crippen molar-refractivity contribution < 1.29 is 0 Å². The van der Waals surface area contributed by atoms with E-state index in [-0.39, 0.29) is 6.04 Å². The van der Waals surface area contributed by atoms with Crippen LogP contribution >= 0.6 is 0 Å². The lowest BCUT2D eigenvalue weighted by atomic mass is 10.1. The Morgan fingerprint density at radius 2 is 2.36 bits per heavy atom. The van der Waals surface area contributed by atoms with Gasteiger partial charge in [0.25, 0.3) is 0 Å². The monoisotopic (exact) mass is 194 g/mol. The molecule has 0 bridgehead atoms. The minimum absolute atomic E-state index is 0.0738. The zero-order valence-corrected chi connectivity index (χ0v) is 8.53. The third-order valence-corrected chi connectivity index (χ3v) is 2.03. The molecular weight excluding hydrogens is 176 g/mol. The molecule has 14 heavy (non-hydrogen) atoms. The van der Waals surface area contributed by atoms with Gasteiger partial charge in [-0.15, -0.1) is 0 Å². The minimum Gasteiger partial charge on any atom is -0.384 e. The van der Waals surface area contributed by atoms with Crippen LogP contribution < -0.4 is 16.8 Å². The van der Waals surface area contributed by atoms with Gasteiger partial charge in [0.2, 0.25) is 0 Å². The molecule has 1 heterocycles. The predicted octanol–water partition coefficient (Wildman–Crippen LogP) is 0.862.